The molecule has 2 saturated carbocycles. The number of para-hydroxylation sites is 1. The van der Waals surface area contributed by atoms with Crippen molar-refractivity contribution >= 4 is 5.97 Å². The monoisotopic (exact) mass is 492 g/mol. The molecule has 0 amide bonds. The molecule has 1 spiro atoms. The molecule has 5 rings (SSSR count). The molecule has 0 saturated heterocycles. The smallest absolute Gasteiger partial charge is 0.342 e. The third-order valence-electron chi connectivity index (χ3n) is 9.70. The Kier molecular flexibility index (Phi) is 6.04. The van der Waals surface area contributed by atoms with Crippen LogP contribution in [0.5, 0.6) is 5.75 Å². The summed E-state index contributed by atoms with van der Waals surface area (Å²) in [7, 11) is 0. The van der Waals surface area contributed by atoms with Gasteiger partial charge in [0.1, 0.15) is 17.4 Å². The molecule has 36 heavy (non-hydrogen) atoms. The van der Waals surface area contributed by atoms with Crippen molar-refractivity contribution in [3.8, 4) is 5.75 Å². The summed E-state index contributed by atoms with van der Waals surface area (Å²) in [5.41, 5.74) is 2.68. The van der Waals surface area contributed by atoms with E-state index >= 15 is 0 Å². The van der Waals surface area contributed by atoms with Gasteiger partial charge in [-0.2, -0.15) is 0 Å². The molecule has 1 aromatic rings. The number of rotatable bonds is 5. The number of aliphatic hydroxyl groups is 2. The average molecular weight is 493 g/mol. The van der Waals surface area contributed by atoms with E-state index in [1.165, 1.54) is 0 Å². The Hall–Kier alpha value is -2.37. The number of esters is 1. The third-order valence-corrected chi connectivity index (χ3v) is 9.70. The van der Waals surface area contributed by atoms with Crippen LogP contribution in [-0.4, -0.2) is 41.1 Å². The van der Waals surface area contributed by atoms with Gasteiger partial charge < -0.3 is 19.7 Å². The van der Waals surface area contributed by atoms with Crippen LogP contribution in [0.25, 0.3) is 0 Å². The Morgan fingerprint density at radius 1 is 1.22 bits per heavy atom. The Balaban J connectivity index is 1.55. The average Bonchev–Trinajstić information content (AvgIpc) is 3.26. The summed E-state index contributed by atoms with van der Waals surface area (Å²) in [5.74, 6) is 0.871. The van der Waals surface area contributed by atoms with Crippen molar-refractivity contribution in [2.45, 2.75) is 66.3 Å². The van der Waals surface area contributed by atoms with E-state index < -0.39 is 29.5 Å². The zero-order chi connectivity index (χ0) is 26.2. The molecule has 8 atom stereocenters. The molecule has 4 aliphatic carbocycles. The summed E-state index contributed by atoms with van der Waals surface area (Å²) in [5, 5.41) is 22.1. The Morgan fingerprint density at radius 2 is 1.92 bits per heavy atom. The van der Waals surface area contributed by atoms with E-state index in [2.05, 4.69) is 39.5 Å². The maximum atomic E-state index is 13.5. The Morgan fingerprint density at radius 3 is 2.58 bits per heavy atom. The lowest BCUT2D eigenvalue weighted by atomic mass is 9.60. The molecule has 5 heteroatoms. The lowest BCUT2D eigenvalue weighted by Gasteiger charge is -2.45. The lowest BCUT2D eigenvalue weighted by molar-refractivity contribution is -0.0284. The second-order valence-electron chi connectivity index (χ2n) is 12.3. The van der Waals surface area contributed by atoms with Crippen LogP contribution < -0.4 is 4.74 Å². The highest BCUT2D eigenvalue weighted by atomic mass is 16.5. The minimum absolute atomic E-state index is 0.0791. The zero-order valence-electron chi connectivity index (χ0n) is 22.3. The molecule has 0 heterocycles. The number of hydrogen-bond donors (Lipinski definition) is 2. The fourth-order valence-corrected chi connectivity index (χ4v) is 7.89. The minimum atomic E-state index is -0.939. The van der Waals surface area contributed by atoms with Gasteiger partial charge in [0, 0.05) is 17.3 Å². The summed E-state index contributed by atoms with van der Waals surface area (Å²) < 4.78 is 12.1. The van der Waals surface area contributed by atoms with Crippen LogP contribution in [-0.2, 0) is 4.74 Å². The van der Waals surface area contributed by atoms with Crippen molar-refractivity contribution in [3.63, 3.8) is 0 Å². The predicted octanol–water partition coefficient (Wildman–Crippen LogP) is 5.34. The molecule has 1 aromatic carbocycles. The van der Waals surface area contributed by atoms with Crippen LogP contribution in [0.2, 0.25) is 0 Å². The predicted molar refractivity (Wildman–Crippen MR) is 139 cm³/mol. The fourth-order valence-electron chi connectivity index (χ4n) is 7.89. The Bertz CT molecular complexity index is 1140. The summed E-state index contributed by atoms with van der Waals surface area (Å²) >= 11 is 0. The highest BCUT2D eigenvalue weighted by molar-refractivity contribution is 5.92. The number of carbonyl (C=O) groups is 1. The van der Waals surface area contributed by atoms with E-state index in [4.69, 9.17) is 9.47 Å². The van der Waals surface area contributed by atoms with Gasteiger partial charge in [-0.1, -0.05) is 57.2 Å². The number of allylic oxidation sites excluding steroid dienone is 3. The molecule has 0 aliphatic heterocycles. The quantitative estimate of drug-likeness (QED) is 0.429. The summed E-state index contributed by atoms with van der Waals surface area (Å²) in [6.07, 6.45) is 3.68. The fraction of sp³-hybridized carbons (Fsp3) is 0.581. The van der Waals surface area contributed by atoms with E-state index in [-0.39, 0.29) is 30.0 Å². The van der Waals surface area contributed by atoms with Gasteiger partial charge in [-0.05, 0) is 73.6 Å². The largest absolute Gasteiger partial charge is 0.490 e. The number of carbonyl (C=O) groups excluding carboxylic acids is 1. The van der Waals surface area contributed by atoms with Gasteiger partial charge >= 0.3 is 5.97 Å². The zero-order valence-corrected chi connectivity index (χ0v) is 22.3. The van der Waals surface area contributed by atoms with Crippen LogP contribution in [0.15, 0.2) is 59.7 Å². The first kappa shape index (κ1) is 25.3. The van der Waals surface area contributed by atoms with Gasteiger partial charge in [0.2, 0.25) is 0 Å². The van der Waals surface area contributed by atoms with Crippen LogP contribution in [0.1, 0.15) is 58.3 Å². The highest BCUT2D eigenvalue weighted by Crippen LogP contribution is 2.73. The minimum Gasteiger partial charge on any atom is -0.490 e. The van der Waals surface area contributed by atoms with Crippen molar-refractivity contribution in [2.24, 2.45) is 40.4 Å². The van der Waals surface area contributed by atoms with Gasteiger partial charge in [-0.3, -0.25) is 0 Å². The van der Waals surface area contributed by atoms with Gasteiger partial charge in [-0.15, -0.1) is 0 Å². The number of hydrogen-bond acceptors (Lipinski definition) is 5. The topological polar surface area (TPSA) is 76.0 Å². The first-order valence-electron chi connectivity index (χ1n) is 13.3. The van der Waals surface area contributed by atoms with Crippen molar-refractivity contribution < 1.29 is 24.5 Å². The molecule has 2 N–H and O–H groups in total. The molecule has 5 nitrogen and oxygen atoms in total. The normalized spacial score (nSPS) is 38.2. The second-order valence-corrected chi connectivity index (χ2v) is 12.3. The standard InChI is InChI=1S/C31H40O5/c1-16(2)35-24-11-9-8-10-21(24)29(34)36-28-17(3)14-31-18(4)12-23-25(30(23,6)7)22(19(31)5)13-20(15-32)27(33)26(28)31/h8-11,13-14,16,18,22-23,25-28,32-33H,5,12,15H2,1-4,6-7H3/t18-,22?,23-,25+,26?,27?,28?,31?/m1/s1. The van der Waals surface area contributed by atoms with E-state index in [1.807, 2.05) is 26.8 Å². The molecular formula is C31H40O5. The number of aliphatic hydroxyl groups excluding tert-OH is 2. The first-order chi connectivity index (χ1) is 16.9. The van der Waals surface area contributed by atoms with Crippen LogP contribution in [0.3, 0.4) is 0 Å². The number of benzene rings is 1. The van der Waals surface area contributed by atoms with Gasteiger partial charge in [0.05, 0.1) is 18.8 Å². The number of ether oxygens (including phenoxy) is 2. The SMILES string of the molecule is C=C1C2C=C(CO)C(O)C3C(OC(=O)c4ccccc4OC(C)C)C(C)=CC13[C@H](C)C[C@@H]1[C@H]2C1(C)C. The van der Waals surface area contributed by atoms with Crippen molar-refractivity contribution in [1.29, 1.82) is 0 Å². The molecule has 194 valence electrons. The summed E-state index contributed by atoms with van der Waals surface area (Å²) in [4.78, 5) is 13.5. The molecule has 2 bridgehead atoms. The Labute approximate surface area is 214 Å². The highest BCUT2D eigenvalue weighted by Gasteiger charge is 2.69. The van der Waals surface area contributed by atoms with E-state index in [0.717, 1.165) is 17.6 Å². The number of fused-ring (bicyclic) bond motifs is 3. The van der Waals surface area contributed by atoms with E-state index in [1.54, 1.807) is 18.2 Å². The van der Waals surface area contributed by atoms with Gasteiger partial charge in [0.25, 0.3) is 0 Å². The van der Waals surface area contributed by atoms with E-state index in [0.29, 0.717) is 28.7 Å². The van der Waals surface area contributed by atoms with Crippen LogP contribution in [0.4, 0.5) is 0 Å². The van der Waals surface area contributed by atoms with Gasteiger partial charge in [0.15, 0.2) is 0 Å². The lowest BCUT2D eigenvalue weighted by Crippen LogP contribution is -2.47. The van der Waals surface area contributed by atoms with Crippen molar-refractivity contribution in [3.05, 3.63) is 65.3 Å². The first-order valence-corrected chi connectivity index (χ1v) is 13.3. The van der Waals surface area contributed by atoms with Crippen molar-refractivity contribution in [1.82, 2.24) is 0 Å². The third kappa shape index (κ3) is 3.53. The van der Waals surface area contributed by atoms with Gasteiger partial charge in [-0.25, -0.2) is 4.79 Å². The molecule has 4 aliphatic rings. The maximum absolute atomic E-state index is 13.5. The van der Waals surface area contributed by atoms with E-state index in [9.17, 15) is 15.0 Å². The molecular weight excluding hydrogens is 452 g/mol. The molecule has 2 fully saturated rings. The second kappa shape index (κ2) is 8.59. The van der Waals surface area contributed by atoms with Crippen LogP contribution in [0, 0.1) is 40.4 Å². The maximum Gasteiger partial charge on any atom is 0.342 e. The molecule has 0 aromatic heterocycles. The summed E-state index contributed by atoms with van der Waals surface area (Å²) in [6.45, 7) is 17.1. The van der Waals surface area contributed by atoms with Crippen molar-refractivity contribution in [2.75, 3.05) is 6.61 Å². The molecule has 0 radical (unpaired) electrons. The molecule has 5 unspecified atom stereocenters. The summed E-state index contributed by atoms with van der Waals surface area (Å²) in [6, 6.07) is 7.12. The van der Waals surface area contributed by atoms with Crippen LogP contribution >= 0.6 is 0 Å².